The van der Waals surface area contributed by atoms with Crippen LogP contribution in [0.3, 0.4) is 0 Å². The third-order valence-electron chi connectivity index (χ3n) is 4.57. The van der Waals surface area contributed by atoms with Crippen molar-refractivity contribution in [3.05, 3.63) is 29.8 Å². The molecule has 2 rings (SSSR count). The smallest absolute Gasteiger partial charge is 0.191 e. The summed E-state index contributed by atoms with van der Waals surface area (Å²) in [6.07, 6.45) is 3.07. The average Bonchev–Trinajstić information content (AvgIpc) is 2.67. The van der Waals surface area contributed by atoms with Crippen molar-refractivity contribution in [2.45, 2.75) is 25.8 Å². The molecule has 0 aliphatic carbocycles. The highest BCUT2D eigenvalue weighted by atomic mass is 127. The zero-order chi connectivity index (χ0) is 21.3. The Morgan fingerprint density at radius 1 is 1.27 bits per heavy atom. The van der Waals surface area contributed by atoms with Gasteiger partial charge < -0.3 is 20.3 Å². The van der Waals surface area contributed by atoms with Crippen LogP contribution in [0.4, 0.5) is 8.78 Å². The molecule has 1 aromatic carbocycles. The number of nitrogens with zero attached hydrogens (tertiary/aromatic N) is 2. The van der Waals surface area contributed by atoms with Crippen LogP contribution in [-0.2, 0) is 9.84 Å². The van der Waals surface area contributed by atoms with Crippen molar-refractivity contribution < 1.29 is 21.9 Å². The summed E-state index contributed by atoms with van der Waals surface area (Å²) in [6, 6.07) is 3.68. The van der Waals surface area contributed by atoms with E-state index in [0.29, 0.717) is 25.6 Å². The van der Waals surface area contributed by atoms with Crippen LogP contribution in [0.15, 0.2) is 23.2 Å². The lowest BCUT2D eigenvalue weighted by molar-refractivity contribution is 0.216. The quantitative estimate of drug-likeness (QED) is 0.208. The maximum Gasteiger partial charge on any atom is 0.191 e. The first-order valence-electron chi connectivity index (χ1n) is 9.79. The van der Waals surface area contributed by atoms with Crippen LogP contribution in [0.25, 0.3) is 0 Å². The van der Waals surface area contributed by atoms with Crippen LogP contribution >= 0.6 is 24.0 Å². The van der Waals surface area contributed by atoms with E-state index in [9.17, 15) is 17.2 Å². The van der Waals surface area contributed by atoms with Crippen molar-refractivity contribution in [2.75, 3.05) is 51.3 Å². The predicted molar refractivity (Wildman–Crippen MR) is 126 cm³/mol. The van der Waals surface area contributed by atoms with E-state index in [1.165, 1.54) is 12.3 Å². The molecule has 11 heteroatoms. The maximum absolute atomic E-state index is 13.2. The van der Waals surface area contributed by atoms with Gasteiger partial charge in [0.15, 0.2) is 17.6 Å². The van der Waals surface area contributed by atoms with Crippen LogP contribution in [0, 0.1) is 11.6 Å². The third-order valence-corrected chi connectivity index (χ3v) is 5.50. The van der Waals surface area contributed by atoms with E-state index in [2.05, 4.69) is 20.5 Å². The summed E-state index contributed by atoms with van der Waals surface area (Å²) in [6.45, 7) is 5.54. The van der Waals surface area contributed by atoms with Gasteiger partial charge in [-0.05, 0) is 31.9 Å². The van der Waals surface area contributed by atoms with E-state index in [-0.39, 0.29) is 48.1 Å². The first-order chi connectivity index (χ1) is 13.8. The van der Waals surface area contributed by atoms with Gasteiger partial charge >= 0.3 is 0 Å². The standard InChI is InChI=1S/C19H30F2N4O3S.HI/c1-3-22-19(23-8-12-28-16-4-5-17(20)18(21)14-16)24-15-6-9-25(10-7-15)11-13-29(2,26)27;/h4-5,14-15H,3,6-13H2,1-2H3,(H2,22,23,24);1H. The first-order valence-corrected chi connectivity index (χ1v) is 11.9. The summed E-state index contributed by atoms with van der Waals surface area (Å²) >= 11 is 0. The molecule has 0 aromatic heterocycles. The van der Waals surface area contributed by atoms with Gasteiger partial charge in [0.25, 0.3) is 0 Å². The normalized spacial score (nSPS) is 16.1. The zero-order valence-electron chi connectivity index (χ0n) is 17.4. The molecule has 172 valence electrons. The van der Waals surface area contributed by atoms with Crippen molar-refractivity contribution >= 4 is 39.8 Å². The Labute approximate surface area is 194 Å². The van der Waals surface area contributed by atoms with Gasteiger partial charge in [-0.1, -0.05) is 0 Å². The second-order valence-electron chi connectivity index (χ2n) is 7.08. The molecule has 1 fully saturated rings. The van der Waals surface area contributed by atoms with Crippen LogP contribution in [0.5, 0.6) is 5.75 Å². The number of rotatable bonds is 9. The van der Waals surface area contributed by atoms with Crippen molar-refractivity contribution in [3.63, 3.8) is 0 Å². The van der Waals surface area contributed by atoms with E-state index >= 15 is 0 Å². The number of sulfone groups is 1. The van der Waals surface area contributed by atoms with Crippen LogP contribution in [-0.4, -0.2) is 76.7 Å². The number of likely N-dealkylation sites (tertiary alicyclic amines) is 1. The Morgan fingerprint density at radius 2 is 1.97 bits per heavy atom. The molecule has 1 saturated heterocycles. The number of hydrogen-bond acceptors (Lipinski definition) is 5. The Hall–Kier alpha value is -1.21. The highest BCUT2D eigenvalue weighted by Gasteiger charge is 2.20. The van der Waals surface area contributed by atoms with Gasteiger partial charge in [0.2, 0.25) is 0 Å². The number of nitrogens with one attached hydrogen (secondary N) is 2. The Kier molecular flexibility index (Phi) is 11.9. The SMILES string of the molecule is CCNC(=NCCOc1ccc(F)c(F)c1)NC1CCN(CCS(C)(=O)=O)CC1.I. The summed E-state index contributed by atoms with van der Waals surface area (Å²) in [7, 11) is -2.94. The molecular weight excluding hydrogens is 529 g/mol. The van der Waals surface area contributed by atoms with E-state index in [1.807, 2.05) is 6.92 Å². The van der Waals surface area contributed by atoms with Gasteiger partial charge in [-0.3, -0.25) is 0 Å². The van der Waals surface area contributed by atoms with Crippen molar-refractivity contribution in [2.24, 2.45) is 4.99 Å². The third kappa shape index (κ3) is 10.2. The number of guanidine groups is 1. The number of benzene rings is 1. The molecular formula is C19H31F2IN4O3S. The predicted octanol–water partition coefficient (Wildman–Crippen LogP) is 2.03. The minimum absolute atomic E-state index is 0. The van der Waals surface area contributed by atoms with E-state index in [1.54, 1.807) is 0 Å². The van der Waals surface area contributed by atoms with Gasteiger partial charge in [-0.15, -0.1) is 24.0 Å². The summed E-state index contributed by atoms with van der Waals surface area (Å²) in [5, 5.41) is 6.58. The van der Waals surface area contributed by atoms with Crippen LogP contribution in [0.2, 0.25) is 0 Å². The molecule has 1 aliphatic rings. The van der Waals surface area contributed by atoms with Gasteiger partial charge in [-0.2, -0.15) is 0 Å². The molecule has 30 heavy (non-hydrogen) atoms. The van der Waals surface area contributed by atoms with Crippen molar-refractivity contribution in [1.82, 2.24) is 15.5 Å². The number of aliphatic imine (C=N–C) groups is 1. The molecule has 7 nitrogen and oxygen atoms in total. The van der Waals surface area contributed by atoms with E-state index < -0.39 is 21.5 Å². The second kappa shape index (κ2) is 13.3. The molecule has 0 atom stereocenters. The Balaban J connectivity index is 0.00000450. The van der Waals surface area contributed by atoms with Crippen molar-refractivity contribution in [3.8, 4) is 5.75 Å². The van der Waals surface area contributed by atoms with Crippen LogP contribution in [0.1, 0.15) is 19.8 Å². The van der Waals surface area contributed by atoms with Gasteiger partial charge in [0.05, 0.1) is 12.3 Å². The molecule has 0 saturated carbocycles. The summed E-state index contributed by atoms with van der Waals surface area (Å²) in [5.74, 6) is -0.720. The van der Waals surface area contributed by atoms with Gasteiger partial charge in [0, 0.05) is 44.5 Å². The Bertz CT molecular complexity index is 788. The largest absolute Gasteiger partial charge is 0.492 e. The molecule has 0 unspecified atom stereocenters. The first kappa shape index (κ1) is 26.8. The molecule has 0 spiro atoms. The number of piperidine rings is 1. The molecule has 0 radical (unpaired) electrons. The number of ether oxygens (including phenoxy) is 1. The van der Waals surface area contributed by atoms with E-state index in [0.717, 1.165) is 38.1 Å². The minimum Gasteiger partial charge on any atom is -0.492 e. The van der Waals surface area contributed by atoms with Crippen LogP contribution < -0.4 is 15.4 Å². The minimum atomic E-state index is -2.94. The van der Waals surface area contributed by atoms with Gasteiger partial charge in [-0.25, -0.2) is 22.2 Å². The topological polar surface area (TPSA) is 83.0 Å². The lowest BCUT2D eigenvalue weighted by Gasteiger charge is -2.32. The summed E-state index contributed by atoms with van der Waals surface area (Å²) in [4.78, 5) is 6.62. The lowest BCUT2D eigenvalue weighted by Crippen LogP contribution is -2.49. The highest BCUT2D eigenvalue weighted by molar-refractivity contribution is 14.0. The Morgan fingerprint density at radius 3 is 2.57 bits per heavy atom. The molecule has 1 aliphatic heterocycles. The average molecular weight is 560 g/mol. The maximum atomic E-state index is 13.2. The molecule has 2 N–H and O–H groups in total. The monoisotopic (exact) mass is 560 g/mol. The second-order valence-corrected chi connectivity index (χ2v) is 9.33. The molecule has 0 bridgehead atoms. The van der Waals surface area contributed by atoms with E-state index in [4.69, 9.17) is 4.74 Å². The van der Waals surface area contributed by atoms with Crippen molar-refractivity contribution in [1.29, 1.82) is 0 Å². The zero-order valence-corrected chi connectivity index (χ0v) is 20.5. The van der Waals surface area contributed by atoms with Gasteiger partial charge in [0.1, 0.15) is 22.2 Å². The fourth-order valence-corrected chi connectivity index (χ4v) is 3.59. The summed E-state index contributed by atoms with van der Waals surface area (Å²) < 4.78 is 54.1. The lowest BCUT2D eigenvalue weighted by atomic mass is 10.1. The fourth-order valence-electron chi connectivity index (χ4n) is 3.00. The number of hydrogen-bond donors (Lipinski definition) is 2. The summed E-state index contributed by atoms with van der Waals surface area (Å²) in [5.41, 5.74) is 0. The molecule has 1 heterocycles. The fraction of sp³-hybridized carbons (Fsp3) is 0.632. The molecule has 1 aromatic rings. The molecule has 0 amide bonds. The number of halogens is 3. The highest BCUT2D eigenvalue weighted by Crippen LogP contribution is 2.15.